The lowest BCUT2D eigenvalue weighted by Crippen LogP contribution is -2.41. The Labute approximate surface area is 148 Å². The van der Waals surface area contributed by atoms with E-state index in [9.17, 15) is 0 Å². The first kappa shape index (κ1) is 17.5. The van der Waals surface area contributed by atoms with E-state index in [1.807, 2.05) is 22.7 Å². The molecule has 1 saturated heterocycles. The van der Waals surface area contributed by atoms with Gasteiger partial charge in [0.15, 0.2) is 0 Å². The molecule has 0 atom stereocenters. The molecule has 0 amide bonds. The van der Waals surface area contributed by atoms with Crippen molar-refractivity contribution in [1.82, 2.24) is 0 Å². The van der Waals surface area contributed by atoms with Gasteiger partial charge in [-0.05, 0) is 52.7 Å². The standard InChI is InChI=1S/C18H27BO2S2/c1-6-7-8-9-10-13-11-14-15(22-13)12-16(23-14)19-20-17(2,3)18(4,5)21-19/h11-12H,6-10H2,1-5H3. The van der Waals surface area contributed by atoms with Crippen LogP contribution in [0.2, 0.25) is 0 Å². The lowest BCUT2D eigenvalue weighted by Gasteiger charge is -2.32. The molecule has 0 unspecified atom stereocenters. The van der Waals surface area contributed by atoms with Gasteiger partial charge in [0.2, 0.25) is 0 Å². The Bertz CT molecular complexity index is 624. The lowest BCUT2D eigenvalue weighted by molar-refractivity contribution is 0.00578. The lowest BCUT2D eigenvalue weighted by atomic mass is 9.88. The number of thiophene rings is 2. The molecule has 0 N–H and O–H groups in total. The molecule has 2 aromatic rings. The number of hydrogen-bond donors (Lipinski definition) is 0. The first-order chi connectivity index (χ1) is 10.8. The average Bonchev–Trinajstić information content (AvgIpc) is 3.05. The van der Waals surface area contributed by atoms with Crippen molar-refractivity contribution < 1.29 is 9.31 Å². The molecule has 0 bridgehead atoms. The molecule has 0 radical (unpaired) electrons. The summed E-state index contributed by atoms with van der Waals surface area (Å²) in [5, 5.41) is 0. The van der Waals surface area contributed by atoms with Gasteiger partial charge in [0.05, 0.1) is 11.2 Å². The van der Waals surface area contributed by atoms with Crippen LogP contribution < -0.4 is 4.78 Å². The molecule has 0 spiro atoms. The van der Waals surface area contributed by atoms with Crippen molar-refractivity contribution in [3.63, 3.8) is 0 Å². The second kappa shape index (κ2) is 6.51. The average molecular weight is 350 g/mol. The summed E-state index contributed by atoms with van der Waals surface area (Å²) in [7, 11) is -0.224. The second-order valence-electron chi connectivity index (χ2n) is 7.49. The minimum atomic E-state index is -0.264. The highest BCUT2D eigenvalue weighted by Crippen LogP contribution is 2.38. The van der Waals surface area contributed by atoms with Crippen LogP contribution in [0.4, 0.5) is 0 Å². The van der Waals surface area contributed by atoms with Gasteiger partial charge in [0.1, 0.15) is 0 Å². The van der Waals surface area contributed by atoms with E-state index in [0.29, 0.717) is 0 Å². The molecule has 0 aliphatic carbocycles. The molecule has 23 heavy (non-hydrogen) atoms. The van der Waals surface area contributed by atoms with Crippen LogP contribution in [0.3, 0.4) is 0 Å². The summed E-state index contributed by atoms with van der Waals surface area (Å²) in [6.45, 7) is 10.7. The molecule has 1 fully saturated rings. The monoisotopic (exact) mass is 350 g/mol. The molecule has 5 heteroatoms. The maximum Gasteiger partial charge on any atom is 0.505 e. The van der Waals surface area contributed by atoms with Crippen molar-refractivity contribution >= 4 is 44.0 Å². The summed E-state index contributed by atoms with van der Waals surface area (Å²) in [6.07, 6.45) is 6.54. The predicted octanol–water partition coefficient (Wildman–Crippen LogP) is 5.38. The molecule has 2 nitrogen and oxygen atoms in total. The largest absolute Gasteiger partial charge is 0.505 e. The Morgan fingerprint density at radius 2 is 1.57 bits per heavy atom. The van der Waals surface area contributed by atoms with Crippen molar-refractivity contribution in [1.29, 1.82) is 0 Å². The molecule has 1 aliphatic rings. The minimum absolute atomic E-state index is 0.224. The van der Waals surface area contributed by atoms with E-state index in [0.717, 1.165) is 0 Å². The fraction of sp³-hybridized carbons (Fsp3) is 0.667. The number of fused-ring (bicyclic) bond motifs is 1. The third-order valence-electron chi connectivity index (χ3n) is 5.04. The fourth-order valence-electron chi connectivity index (χ4n) is 2.83. The van der Waals surface area contributed by atoms with Gasteiger partial charge in [-0.1, -0.05) is 26.2 Å². The van der Waals surface area contributed by atoms with Crippen LogP contribution >= 0.6 is 22.7 Å². The second-order valence-corrected chi connectivity index (χ2v) is 9.77. The van der Waals surface area contributed by atoms with E-state index in [2.05, 4.69) is 46.8 Å². The molecule has 3 heterocycles. The van der Waals surface area contributed by atoms with Gasteiger partial charge in [-0.3, -0.25) is 0 Å². The van der Waals surface area contributed by atoms with Gasteiger partial charge >= 0.3 is 7.12 Å². The van der Waals surface area contributed by atoms with Crippen LogP contribution in [0.5, 0.6) is 0 Å². The smallest absolute Gasteiger partial charge is 0.399 e. The van der Waals surface area contributed by atoms with Crippen LogP contribution in [-0.2, 0) is 15.7 Å². The van der Waals surface area contributed by atoms with E-state index < -0.39 is 0 Å². The van der Waals surface area contributed by atoms with Gasteiger partial charge in [-0.25, -0.2) is 0 Å². The molecular formula is C18H27BO2S2. The Hall–Kier alpha value is -0.355. The first-order valence-corrected chi connectivity index (χ1v) is 10.3. The quantitative estimate of drug-likeness (QED) is 0.514. The van der Waals surface area contributed by atoms with Crippen LogP contribution in [0, 0.1) is 0 Å². The zero-order chi connectivity index (χ0) is 16.7. The maximum atomic E-state index is 6.16. The van der Waals surface area contributed by atoms with Gasteiger partial charge in [-0.15, -0.1) is 22.7 Å². The van der Waals surface area contributed by atoms with Crippen LogP contribution in [0.1, 0.15) is 65.2 Å². The van der Waals surface area contributed by atoms with Gasteiger partial charge in [0, 0.05) is 19.1 Å². The number of rotatable bonds is 6. The summed E-state index contributed by atoms with van der Waals surface area (Å²) in [6, 6.07) is 4.63. The van der Waals surface area contributed by atoms with Gasteiger partial charge < -0.3 is 9.31 Å². The van der Waals surface area contributed by atoms with Crippen molar-refractivity contribution in [2.45, 2.75) is 77.9 Å². The van der Waals surface area contributed by atoms with Gasteiger partial charge in [0.25, 0.3) is 0 Å². The van der Waals surface area contributed by atoms with Gasteiger partial charge in [-0.2, -0.15) is 0 Å². The Balaban J connectivity index is 1.69. The topological polar surface area (TPSA) is 18.5 Å². The highest BCUT2D eigenvalue weighted by molar-refractivity contribution is 7.33. The zero-order valence-corrected chi connectivity index (χ0v) is 16.5. The number of hydrogen-bond acceptors (Lipinski definition) is 4. The molecule has 3 rings (SSSR count). The summed E-state index contributed by atoms with van der Waals surface area (Å²) < 4.78 is 16.3. The predicted molar refractivity (Wildman–Crippen MR) is 103 cm³/mol. The van der Waals surface area contributed by atoms with E-state index in [1.165, 1.54) is 51.2 Å². The maximum absolute atomic E-state index is 6.16. The highest BCUT2D eigenvalue weighted by Gasteiger charge is 2.52. The molecule has 2 aromatic heterocycles. The minimum Gasteiger partial charge on any atom is -0.399 e. The van der Waals surface area contributed by atoms with Crippen molar-refractivity contribution in [3.8, 4) is 0 Å². The Morgan fingerprint density at radius 1 is 0.913 bits per heavy atom. The Morgan fingerprint density at radius 3 is 2.17 bits per heavy atom. The normalized spacial score (nSPS) is 19.8. The summed E-state index contributed by atoms with van der Waals surface area (Å²) in [5.74, 6) is 0. The zero-order valence-electron chi connectivity index (χ0n) is 14.9. The molecule has 0 aromatic carbocycles. The van der Waals surface area contributed by atoms with Crippen LogP contribution in [-0.4, -0.2) is 18.3 Å². The summed E-state index contributed by atoms with van der Waals surface area (Å²) in [4.78, 5) is 1.52. The molecular weight excluding hydrogens is 323 g/mol. The third-order valence-corrected chi connectivity index (χ3v) is 7.41. The van der Waals surface area contributed by atoms with Crippen LogP contribution in [0.15, 0.2) is 12.1 Å². The number of unbranched alkanes of at least 4 members (excludes halogenated alkanes) is 3. The van der Waals surface area contributed by atoms with E-state index in [1.54, 1.807) is 0 Å². The van der Waals surface area contributed by atoms with Crippen molar-refractivity contribution in [2.24, 2.45) is 0 Å². The highest BCUT2D eigenvalue weighted by atomic mass is 32.1. The van der Waals surface area contributed by atoms with E-state index in [-0.39, 0.29) is 18.3 Å². The first-order valence-electron chi connectivity index (χ1n) is 8.70. The fourth-order valence-corrected chi connectivity index (χ4v) is 5.26. The summed E-state index contributed by atoms with van der Waals surface area (Å²) in [5.41, 5.74) is -0.529. The SMILES string of the molecule is CCCCCCc1cc2sc(B3OC(C)(C)C(C)(C)O3)cc2s1. The number of aryl methyl sites for hydroxylation is 1. The molecule has 0 saturated carbocycles. The molecule has 1 aliphatic heterocycles. The third kappa shape index (κ3) is 3.53. The van der Waals surface area contributed by atoms with Crippen LogP contribution in [0.25, 0.3) is 9.40 Å². The Kier molecular flexibility index (Phi) is 4.94. The van der Waals surface area contributed by atoms with Crippen molar-refractivity contribution in [2.75, 3.05) is 0 Å². The molecule has 126 valence electrons. The van der Waals surface area contributed by atoms with Crippen molar-refractivity contribution in [3.05, 3.63) is 17.0 Å². The van der Waals surface area contributed by atoms with E-state index >= 15 is 0 Å². The summed E-state index contributed by atoms with van der Waals surface area (Å²) >= 11 is 3.76. The van der Waals surface area contributed by atoms with E-state index in [4.69, 9.17) is 9.31 Å².